The van der Waals surface area contributed by atoms with E-state index >= 15 is 0 Å². The average molecular weight is 327 g/mol. The molecule has 0 saturated heterocycles. The lowest BCUT2D eigenvalue weighted by atomic mass is 10.1. The zero-order chi connectivity index (χ0) is 17.4. The number of anilines is 3. The van der Waals surface area contributed by atoms with E-state index in [0.717, 1.165) is 11.4 Å². The molecule has 0 heterocycles. The molecule has 0 radical (unpaired) electrons. The van der Waals surface area contributed by atoms with Crippen LogP contribution in [-0.2, 0) is 0 Å². The third kappa shape index (κ3) is 6.23. The van der Waals surface area contributed by atoms with Gasteiger partial charge in [0.25, 0.3) is 0 Å². The summed E-state index contributed by atoms with van der Waals surface area (Å²) in [4.78, 5) is 3.92. The number of nitrogens with zero attached hydrogens (tertiary/aromatic N) is 2. The molecule has 7 nitrogen and oxygen atoms in total. The maximum Gasteiger partial charge on any atom is 0.0787 e. The predicted molar refractivity (Wildman–Crippen MR) is 92.8 cm³/mol. The van der Waals surface area contributed by atoms with Crippen molar-refractivity contribution in [1.82, 2.24) is 0 Å². The maximum absolute atomic E-state index is 9.57. The Kier molecular flexibility index (Phi) is 8.11. The third-order valence-electron chi connectivity index (χ3n) is 3.75. The van der Waals surface area contributed by atoms with Crippen molar-refractivity contribution in [2.75, 3.05) is 55.9 Å². The van der Waals surface area contributed by atoms with Crippen LogP contribution in [0.15, 0.2) is 18.2 Å². The highest BCUT2D eigenvalue weighted by atomic mass is 16.3. The Morgan fingerprint density at radius 2 is 1.52 bits per heavy atom. The first-order valence-electron chi connectivity index (χ1n) is 7.78. The van der Waals surface area contributed by atoms with E-state index in [1.54, 1.807) is 0 Å². The highest BCUT2D eigenvalue weighted by Crippen LogP contribution is 2.28. The second-order valence-electron chi connectivity index (χ2n) is 5.87. The van der Waals surface area contributed by atoms with Crippen molar-refractivity contribution in [3.63, 3.8) is 0 Å². The van der Waals surface area contributed by atoms with E-state index in [9.17, 15) is 10.2 Å². The van der Waals surface area contributed by atoms with Crippen molar-refractivity contribution in [3.8, 4) is 0 Å². The molecule has 0 aliphatic rings. The van der Waals surface area contributed by atoms with E-state index < -0.39 is 12.2 Å². The Morgan fingerprint density at radius 3 is 1.96 bits per heavy atom. The molecule has 7 heteroatoms. The van der Waals surface area contributed by atoms with E-state index in [1.165, 1.54) is 0 Å². The molecular formula is C16H29N3O4. The Balaban J connectivity index is 2.90. The molecule has 0 saturated carbocycles. The number of benzene rings is 1. The molecule has 0 aromatic heterocycles. The molecule has 23 heavy (non-hydrogen) atoms. The summed E-state index contributed by atoms with van der Waals surface area (Å²) >= 11 is 0. The molecule has 0 bridgehead atoms. The molecule has 0 spiro atoms. The van der Waals surface area contributed by atoms with E-state index in [-0.39, 0.29) is 13.2 Å². The number of aliphatic hydroxyl groups is 4. The quantitative estimate of drug-likeness (QED) is 0.373. The first-order valence-corrected chi connectivity index (χ1v) is 7.78. The first kappa shape index (κ1) is 19.5. The van der Waals surface area contributed by atoms with Gasteiger partial charge >= 0.3 is 0 Å². The second-order valence-corrected chi connectivity index (χ2v) is 5.87. The number of rotatable bonds is 10. The van der Waals surface area contributed by atoms with Crippen LogP contribution in [0.1, 0.15) is 12.8 Å². The van der Waals surface area contributed by atoms with Gasteiger partial charge in [0.05, 0.1) is 36.8 Å². The molecule has 1 aromatic rings. The van der Waals surface area contributed by atoms with Gasteiger partial charge in [-0.1, -0.05) is 0 Å². The summed E-state index contributed by atoms with van der Waals surface area (Å²) in [5, 5.41) is 37.1. The van der Waals surface area contributed by atoms with Crippen molar-refractivity contribution < 1.29 is 20.4 Å². The topological polar surface area (TPSA) is 113 Å². The molecule has 1 rings (SSSR count). The Labute approximate surface area is 137 Å². The zero-order valence-corrected chi connectivity index (χ0v) is 13.9. The molecular weight excluding hydrogens is 298 g/mol. The number of aliphatic hydroxyl groups excluding tert-OH is 4. The predicted octanol–water partition coefficient (Wildman–Crippen LogP) is -0.372. The third-order valence-corrected chi connectivity index (χ3v) is 3.75. The van der Waals surface area contributed by atoms with Crippen LogP contribution in [-0.4, -0.2) is 73.0 Å². The van der Waals surface area contributed by atoms with E-state index in [4.69, 9.17) is 15.9 Å². The van der Waals surface area contributed by atoms with Crippen molar-refractivity contribution in [2.24, 2.45) is 0 Å². The van der Waals surface area contributed by atoms with Gasteiger partial charge in [-0.3, -0.25) is 0 Å². The van der Waals surface area contributed by atoms with E-state index in [0.29, 0.717) is 31.6 Å². The smallest absolute Gasteiger partial charge is 0.0787 e. The van der Waals surface area contributed by atoms with Crippen LogP contribution >= 0.6 is 0 Å². The highest BCUT2D eigenvalue weighted by Gasteiger charge is 2.14. The van der Waals surface area contributed by atoms with Crippen LogP contribution in [0.2, 0.25) is 0 Å². The fourth-order valence-corrected chi connectivity index (χ4v) is 2.28. The molecule has 2 atom stereocenters. The fraction of sp³-hybridized carbons (Fsp3) is 0.625. The summed E-state index contributed by atoms with van der Waals surface area (Å²) in [5.41, 5.74) is 8.44. The van der Waals surface area contributed by atoms with Crippen LogP contribution in [0.4, 0.5) is 17.1 Å². The van der Waals surface area contributed by atoms with Crippen LogP contribution in [0, 0.1) is 0 Å². The summed E-state index contributed by atoms with van der Waals surface area (Å²) in [6.45, 7) is 0.489. The van der Waals surface area contributed by atoms with Gasteiger partial charge in [-0.25, -0.2) is 0 Å². The molecule has 0 aliphatic carbocycles. The standard InChI is InChI=1S/C16H29N3O4/c1-18(2)16-9-12(3-4-15(16)17)19(7-5-13(22)10-20)8-6-14(23)11-21/h3-4,9,13-14,20-23H,5-8,10-11,17H2,1-2H3. The minimum Gasteiger partial charge on any atom is -0.397 e. The monoisotopic (exact) mass is 327 g/mol. The van der Waals surface area contributed by atoms with Gasteiger partial charge in [0.2, 0.25) is 0 Å². The van der Waals surface area contributed by atoms with Crippen molar-refractivity contribution in [1.29, 1.82) is 0 Å². The van der Waals surface area contributed by atoms with Gasteiger partial charge in [-0.05, 0) is 31.0 Å². The summed E-state index contributed by atoms with van der Waals surface area (Å²) in [6.07, 6.45) is -0.731. The molecule has 6 N–H and O–H groups in total. The summed E-state index contributed by atoms with van der Waals surface area (Å²) in [5.74, 6) is 0. The number of nitrogen functional groups attached to an aromatic ring is 1. The molecule has 0 amide bonds. The molecule has 132 valence electrons. The van der Waals surface area contributed by atoms with Crippen molar-refractivity contribution in [3.05, 3.63) is 18.2 Å². The average Bonchev–Trinajstić information content (AvgIpc) is 2.54. The maximum atomic E-state index is 9.57. The normalized spacial score (nSPS) is 13.7. The lowest BCUT2D eigenvalue weighted by Crippen LogP contribution is -2.32. The lowest BCUT2D eigenvalue weighted by Gasteiger charge is -2.28. The molecule has 0 fully saturated rings. The van der Waals surface area contributed by atoms with Crippen LogP contribution in [0.3, 0.4) is 0 Å². The minimum atomic E-state index is -0.776. The van der Waals surface area contributed by atoms with Gasteiger partial charge in [0.1, 0.15) is 0 Å². The lowest BCUT2D eigenvalue weighted by molar-refractivity contribution is 0.0854. The Morgan fingerprint density at radius 1 is 1.00 bits per heavy atom. The van der Waals surface area contributed by atoms with E-state index in [1.807, 2.05) is 42.1 Å². The largest absolute Gasteiger partial charge is 0.397 e. The minimum absolute atomic E-state index is 0.280. The fourth-order valence-electron chi connectivity index (χ4n) is 2.28. The zero-order valence-electron chi connectivity index (χ0n) is 13.9. The Bertz CT molecular complexity index is 457. The van der Waals surface area contributed by atoms with Gasteiger partial charge in [-0.15, -0.1) is 0 Å². The number of hydrogen-bond acceptors (Lipinski definition) is 7. The van der Waals surface area contributed by atoms with Crippen LogP contribution in [0.25, 0.3) is 0 Å². The van der Waals surface area contributed by atoms with Gasteiger partial charge in [0, 0.05) is 32.9 Å². The summed E-state index contributed by atoms with van der Waals surface area (Å²) in [7, 11) is 3.82. The Hall–Kier alpha value is -1.54. The van der Waals surface area contributed by atoms with Crippen LogP contribution in [0.5, 0.6) is 0 Å². The van der Waals surface area contributed by atoms with Crippen molar-refractivity contribution >= 4 is 17.1 Å². The summed E-state index contributed by atoms with van der Waals surface area (Å²) < 4.78 is 0. The highest BCUT2D eigenvalue weighted by molar-refractivity contribution is 5.72. The SMILES string of the molecule is CN(C)c1cc(N(CCC(O)CO)CCC(O)CO)ccc1N. The number of hydrogen-bond donors (Lipinski definition) is 5. The first-order chi connectivity index (χ1) is 10.9. The molecule has 2 unspecified atom stereocenters. The van der Waals surface area contributed by atoms with Gasteiger partial charge in [0.15, 0.2) is 0 Å². The molecule has 0 aliphatic heterocycles. The van der Waals surface area contributed by atoms with Gasteiger partial charge < -0.3 is 36.0 Å². The second kappa shape index (κ2) is 9.57. The molecule has 1 aromatic carbocycles. The van der Waals surface area contributed by atoms with Gasteiger partial charge in [-0.2, -0.15) is 0 Å². The van der Waals surface area contributed by atoms with E-state index in [2.05, 4.69) is 0 Å². The van der Waals surface area contributed by atoms with Crippen LogP contribution < -0.4 is 15.5 Å². The number of nitrogens with two attached hydrogens (primary N) is 1. The van der Waals surface area contributed by atoms with Crippen molar-refractivity contribution in [2.45, 2.75) is 25.0 Å². The summed E-state index contributed by atoms with van der Waals surface area (Å²) in [6, 6.07) is 5.66.